The Morgan fingerprint density at radius 1 is 1.48 bits per heavy atom. The predicted octanol–water partition coefficient (Wildman–Crippen LogP) is 3.50. The van der Waals surface area contributed by atoms with Crippen molar-refractivity contribution < 1.29 is 14.7 Å². The molecule has 1 aromatic carbocycles. The van der Waals surface area contributed by atoms with Gasteiger partial charge in [-0.1, -0.05) is 17.7 Å². The van der Waals surface area contributed by atoms with Crippen LogP contribution in [0.25, 0.3) is 0 Å². The van der Waals surface area contributed by atoms with E-state index in [0.29, 0.717) is 25.8 Å². The summed E-state index contributed by atoms with van der Waals surface area (Å²) in [6.45, 7) is 1.77. The summed E-state index contributed by atoms with van der Waals surface area (Å²) in [6, 6.07) is 5.06. The number of amides is 1. The molecule has 0 bridgehead atoms. The first-order valence-electron chi connectivity index (χ1n) is 5.82. The van der Waals surface area contributed by atoms with Crippen LogP contribution in [0.2, 0.25) is 5.02 Å². The fraction of sp³-hybridized carbons (Fsp3) is 0.154. The number of halogens is 2. The van der Waals surface area contributed by atoms with E-state index in [-0.39, 0.29) is 17.3 Å². The van der Waals surface area contributed by atoms with Crippen molar-refractivity contribution in [3.8, 4) is 0 Å². The molecule has 0 spiro atoms. The Morgan fingerprint density at radius 3 is 2.81 bits per heavy atom. The number of aryl methyl sites for hydroxylation is 1. The van der Waals surface area contributed by atoms with Gasteiger partial charge < -0.3 is 10.4 Å². The predicted molar refractivity (Wildman–Crippen MR) is 84.1 cm³/mol. The van der Waals surface area contributed by atoms with Crippen molar-refractivity contribution in [2.75, 3.05) is 0 Å². The Morgan fingerprint density at radius 2 is 2.19 bits per heavy atom. The molecule has 0 fully saturated rings. The van der Waals surface area contributed by atoms with Gasteiger partial charge in [0, 0.05) is 4.47 Å². The zero-order valence-electron chi connectivity index (χ0n) is 10.8. The van der Waals surface area contributed by atoms with Crippen LogP contribution in [0.5, 0.6) is 0 Å². The maximum absolute atomic E-state index is 12.1. The van der Waals surface area contributed by atoms with Gasteiger partial charge >= 0.3 is 5.97 Å². The molecule has 0 saturated heterocycles. The van der Waals surface area contributed by atoms with E-state index in [1.807, 2.05) is 0 Å². The van der Waals surface area contributed by atoms with E-state index >= 15 is 0 Å². The zero-order chi connectivity index (χ0) is 15.6. The van der Waals surface area contributed by atoms with Crippen LogP contribution in [-0.2, 0) is 6.54 Å². The largest absolute Gasteiger partial charge is 0.477 e. The lowest BCUT2D eigenvalue weighted by molar-refractivity contribution is 0.0701. The number of hydrogen-bond donors (Lipinski definition) is 2. The lowest BCUT2D eigenvalue weighted by Gasteiger charge is -2.06. The Labute approximate surface area is 138 Å². The summed E-state index contributed by atoms with van der Waals surface area (Å²) >= 11 is 10.3. The number of aromatic nitrogens is 1. The van der Waals surface area contributed by atoms with Gasteiger partial charge in [-0.05, 0) is 35.0 Å². The van der Waals surface area contributed by atoms with E-state index in [1.165, 1.54) is 0 Å². The van der Waals surface area contributed by atoms with Crippen LogP contribution in [0.4, 0.5) is 0 Å². The van der Waals surface area contributed by atoms with Crippen molar-refractivity contribution in [3.05, 3.63) is 48.8 Å². The molecule has 0 unspecified atom stereocenters. The molecule has 110 valence electrons. The van der Waals surface area contributed by atoms with Gasteiger partial charge in [-0.25, -0.2) is 9.78 Å². The summed E-state index contributed by atoms with van der Waals surface area (Å²) < 4.78 is 0.634. The minimum absolute atomic E-state index is 0.153. The first-order valence-corrected chi connectivity index (χ1v) is 7.80. The highest BCUT2D eigenvalue weighted by Gasteiger charge is 2.16. The number of hydrogen-bond acceptors (Lipinski definition) is 4. The topological polar surface area (TPSA) is 79.3 Å². The number of nitrogens with zero attached hydrogens (tertiary/aromatic N) is 1. The maximum Gasteiger partial charge on any atom is 0.347 e. The van der Waals surface area contributed by atoms with Gasteiger partial charge in [0.05, 0.1) is 22.8 Å². The number of thiazole rings is 1. The first kappa shape index (κ1) is 15.9. The van der Waals surface area contributed by atoms with Crippen LogP contribution in [0.3, 0.4) is 0 Å². The number of nitrogens with one attached hydrogen (secondary N) is 1. The van der Waals surface area contributed by atoms with Crippen LogP contribution in [-0.4, -0.2) is 22.0 Å². The molecule has 0 aliphatic carbocycles. The summed E-state index contributed by atoms with van der Waals surface area (Å²) in [5.41, 5.74) is 0.787. The number of carbonyl (C=O) groups excluding carboxylic acids is 1. The van der Waals surface area contributed by atoms with Crippen molar-refractivity contribution >= 4 is 50.7 Å². The quantitative estimate of drug-likeness (QED) is 0.839. The van der Waals surface area contributed by atoms with Gasteiger partial charge in [0.2, 0.25) is 0 Å². The van der Waals surface area contributed by atoms with Crippen LogP contribution in [0.1, 0.15) is 30.7 Å². The number of aromatic carboxylic acids is 1. The minimum atomic E-state index is -1.02. The van der Waals surface area contributed by atoms with Crippen molar-refractivity contribution in [1.29, 1.82) is 0 Å². The van der Waals surface area contributed by atoms with Crippen LogP contribution in [0.15, 0.2) is 22.7 Å². The number of carboxylic acids is 1. The van der Waals surface area contributed by atoms with E-state index in [0.717, 1.165) is 11.3 Å². The van der Waals surface area contributed by atoms with Crippen molar-refractivity contribution in [2.24, 2.45) is 0 Å². The highest BCUT2D eigenvalue weighted by Crippen LogP contribution is 2.26. The molecular weight excluding hydrogens is 380 g/mol. The highest BCUT2D eigenvalue weighted by atomic mass is 79.9. The summed E-state index contributed by atoms with van der Waals surface area (Å²) in [6.07, 6.45) is 0. The third kappa shape index (κ3) is 3.61. The lowest BCUT2D eigenvalue weighted by atomic mass is 10.2. The number of carbonyl (C=O) groups is 2. The van der Waals surface area contributed by atoms with E-state index < -0.39 is 5.97 Å². The van der Waals surface area contributed by atoms with Gasteiger partial charge in [0.25, 0.3) is 5.91 Å². The molecule has 5 nitrogen and oxygen atoms in total. The fourth-order valence-electron chi connectivity index (χ4n) is 1.66. The van der Waals surface area contributed by atoms with Gasteiger partial charge in [-0.15, -0.1) is 11.3 Å². The lowest BCUT2D eigenvalue weighted by Crippen LogP contribution is -2.23. The van der Waals surface area contributed by atoms with E-state index in [4.69, 9.17) is 16.7 Å². The molecule has 1 aromatic heterocycles. The molecule has 0 atom stereocenters. The molecule has 2 aromatic rings. The minimum Gasteiger partial charge on any atom is -0.477 e. The number of benzene rings is 1. The van der Waals surface area contributed by atoms with Crippen molar-refractivity contribution in [3.63, 3.8) is 0 Å². The second-order valence-corrected chi connectivity index (χ2v) is 6.43. The molecule has 1 amide bonds. The Hall–Kier alpha value is -1.44. The summed E-state index contributed by atoms with van der Waals surface area (Å²) in [7, 11) is 0. The Kier molecular flexibility index (Phi) is 4.97. The summed E-state index contributed by atoms with van der Waals surface area (Å²) in [5.74, 6) is -1.36. The molecule has 0 radical (unpaired) electrons. The SMILES string of the molecule is Cc1nc(CNC(=O)c2cccc(Br)c2Cl)sc1C(=O)O. The second kappa shape index (κ2) is 6.55. The maximum atomic E-state index is 12.1. The zero-order valence-corrected chi connectivity index (χ0v) is 14.0. The van der Waals surface area contributed by atoms with E-state index in [1.54, 1.807) is 25.1 Å². The molecule has 2 N–H and O–H groups in total. The summed E-state index contributed by atoms with van der Waals surface area (Å²) in [4.78, 5) is 27.3. The van der Waals surface area contributed by atoms with Gasteiger partial charge in [0.15, 0.2) is 0 Å². The molecule has 8 heteroatoms. The third-order valence-electron chi connectivity index (χ3n) is 2.63. The Balaban J connectivity index is 2.09. The van der Waals surface area contributed by atoms with Crippen LogP contribution < -0.4 is 5.32 Å². The van der Waals surface area contributed by atoms with E-state index in [9.17, 15) is 9.59 Å². The van der Waals surface area contributed by atoms with Crippen molar-refractivity contribution in [1.82, 2.24) is 10.3 Å². The normalized spacial score (nSPS) is 10.4. The molecule has 21 heavy (non-hydrogen) atoms. The molecule has 1 heterocycles. The Bertz CT molecular complexity index is 717. The van der Waals surface area contributed by atoms with Crippen LogP contribution in [0, 0.1) is 6.92 Å². The third-order valence-corrected chi connectivity index (χ3v) is 5.07. The van der Waals surface area contributed by atoms with Gasteiger partial charge in [-0.3, -0.25) is 4.79 Å². The molecule has 0 saturated carbocycles. The van der Waals surface area contributed by atoms with Gasteiger partial charge in [-0.2, -0.15) is 0 Å². The highest BCUT2D eigenvalue weighted by molar-refractivity contribution is 9.10. The molecular formula is C13H10BrClN2O3S. The van der Waals surface area contributed by atoms with Gasteiger partial charge in [0.1, 0.15) is 9.88 Å². The number of rotatable bonds is 4. The number of carboxylic acid groups (broad SMARTS) is 1. The standard InChI is InChI=1S/C13H10BrClN2O3S/c1-6-11(13(19)20)21-9(17-6)5-16-12(18)7-3-2-4-8(14)10(7)15/h2-4H,5H2,1H3,(H,16,18)(H,19,20). The van der Waals surface area contributed by atoms with Crippen LogP contribution >= 0.6 is 38.9 Å². The average molecular weight is 390 g/mol. The van der Waals surface area contributed by atoms with Crippen molar-refractivity contribution in [2.45, 2.75) is 13.5 Å². The smallest absolute Gasteiger partial charge is 0.347 e. The monoisotopic (exact) mass is 388 g/mol. The average Bonchev–Trinajstić information content (AvgIpc) is 2.80. The second-order valence-electron chi connectivity index (χ2n) is 4.11. The first-order chi connectivity index (χ1) is 9.90. The molecule has 2 rings (SSSR count). The fourth-order valence-corrected chi connectivity index (χ4v) is 3.08. The summed E-state index contributed by atoms with van der Waals surface area (Å²) in [5, 5.41) is 12.5. The molecule has 0 aliphatic rings. The van der Waals surface area contributed by atoms with E-state index in [2.05, 4.69) is 26.2 Å². The molecule has 0 aliphatic heterocycles.